The highest BCUT2D eigenvalue weighted by molar-refractivity contribution is 8.76. The van der Waals surface area contributed by atoms with Crippen molar-refractivity contribution in [3.63, 3.8) is 0 Å². The fraction of sp³-hybridized carbons (Fsp3) is 0.348. The van der Waals surface area contributed by atoms with E-state index in [0.29, 0.717) is 39.9 Å². The molecule has 1 fully saturated rings. The maximum atomic E-state index is 15.3. The zero-order valence-electron chi connectivity index (χ0n) is 50.4. The van der Waals surface area contributed by atoms with E-state index in [0.717, 1.165) is 32.4 Å². The second-order valence-corrected chi connectivity index (χ2v) is 25.0. The number of nitrogens with one attached hydrogen (secondary N) is 8. The van der Waals surface area contributed by atoms with Gasteiger partial charge in [0.1, 0.15) is 54.1 Å². The molecule has 23 nitrogen and oxygen atoms in total. The number of nitrogen functional groups attached to an aromatic ring is 1. The summed E-state index contributed by atoms with van der Waals surface area (Å²) in [5.41, 5.74) is 21.7. The Morgan fingerprint density at radius 2 is 1.03 bits per heavy atom. The minimum atomic E-state index is -1.75. The standard InChI is InChI=1S/C66H79N11O12S2/c1-38(45-25-24-44-17-9-10-18-46(44)35-45)56-64(86)70-50(19-11-12-30-67)59(81)77-57(39(2)78)65(87)73-52(33-41-15-7-4-8-16-41)61(83)75-55(66(88)89)37-91-90-36-54(74-58(80)49(69)31-42-22-28-48(79)29-23-42)63(85)72-51(32-40-13-5-3-6-14-40)60(82)71-53(62(84)76-56)34-43-20-26-47(68)27-21-43/h3-10,13-18,20-29,35,38-39,49-57,78-79H,11-12,19,30-34,36-37,67-69H2,1-2H3,(H,70,86)(H,71,82)(H,72,85)(H,73,87)(H,74,80)(H,75,83)(H,76,84)(H,77,81)(H,88,89)/t38-,39+,49-,50-,51-,52-,53-,54+,55-,56+,57-/m0/s1. The molecular weight excluding hydrogens is 1200 g/mol. The van der Waals surface area contributed by atoms with Crippen molar-refractivity contribution in [3.05, 3.63) is 179 Å². The molecule has 0 aliphatic carbocycles. The molecule has 1 heterocycles. The summed E-state index contributed by atoms with van der Waals surface area (Å²) in [5.74, 6) is -10.0. The number of hydrogen-bond acceptors (Lipinski definition) is 16. The monoisotopic (exact) mass is 1280 g/mol. The molecule has 0 radical (unpaired) electrons. The van der Waals surface area contributed by atoms with Gasteiger partial charge in [0.05, 0.1) is 12.1 Å². The average molecular weight is 1280 g/mol. The Kier molecular flexibility index (Phi) is 26.2. The number of aliphatic carboxylic acids is 1. The number of hydrogen-bond donors (Lipinski definition) is 14. The third-order valence-corrected chi connectivity index (χ3v) is 17.9. The van der Waals surface area contributed by atoms with Gasteiger partial charge in [-0.3, -0.25) is 38.4 Å². The summed E-state index contributed by atoms with van der Waals surface area (Å²) in [6, 6.07) is 29.3. The van der Waals surface area contributed by atoms with Crippen LogP contribution in [0.2, 0.25) is 0 Å². The first-order valence-electron chi connectivity index (χ1n) is 29.9. The van der Waals surface area contributed by atoms with Crippen molar-refractivity contribution in [2.24, 2.45) is 11.5 Å². The number of amides is 8. The highest BCUT2D eigenvalue weighted by atomic mass is 33.1. The minimum absolute atomic E-state index is 0.0121. The van der Waals surface area contributed by atoms with Crippen molar-refractivity contribution < 1.29 is 58.5 Å². The average Bonchev–Trinajstić information content (AvgIpc) is 1.00. The lowest BCUT2D eigenvalue weighted by molar-refractivity contribution is -0.141. The van der Waals surface area contributed by atoms with Crippen LogP contribution in [0, 0.1) is 0 Å². The van der Waals surface area contributed by atoms with Crippen LogP contribution < -0.4 is 59.7 Å². The molecule has 0 unspecified atom stereocenters. The number of carbonyl (C=O) groups is 9. The number of nitrogens with two attached hydrogens (primary N) is 3. The van der Waals surface area contributed by atoms with E-state index in [1.807, 2.05) is 36.4 Å². The van der Waals surface area contributed by atoms with E-state index >= 15 is 14.4 Å². The molecule has 8 amide bonds. The highest BCUT2D eigenvalue weighted by Crippen LogP contribution is 2.27. The van der Waals surface area contributed by atoms with E-state index in [-0.39, 0.29) is 62.3 Å². The summed E-state index contributed by atoms with van der Waals surface area (Å²) in [7, 11) is 1.87. The van der Waals surface area contributed by atoms with Crippen LogP contribution >= 0.6 is 21.6 Å². The molecule has 0 bridgehead atoms. The first kappa shape index (κ1) is 69.5. The van der Waals surface area contributed by atoms with Gasteiger partial charge >= 0.3 is 5.97 Å². The molecule has 7 rings (SSSR count). The van der Waals surface area contributed by atoms with E-state index < -0.39 is 120 Å². The fourth-order valence-electron chi connectivity index (χ4n) is 10.2. The number of unbranched alkanes of at least 4 members (excludes halogenated alkanes) is 1. The Balaban J connectivity index is 1.32. The number of aliphatic hydroxyl groups is 1. The highest BCUT2D eigenvalue weighted by Gasteiger charge is 2.38. The van der Waals surface area contributed by atoms with Gasteiger partial charge in [0, 0.05) is 42.4 Å². The molecule has 0 saturated carbocycles. The number of anilines is 1. The van der Waals surface area contributed by atoms with Crippen LogP contribution in [0.3, 0.4) is 0 Å². The van der Waals surface area contributed by atoms with Crippen LogP contribution in [-0.2, 0) is 68.8 Å². The summed E-state index contributed by atoms with van der Waals surface area (Å²) in [5, 5.41) is 54.9. The van der Waals surface area contributed by atoms with Crippen LogP contribution in [0.1, 0.15) is 66.8 Å². The normalized spacial score (nSPS) is 22.3. The third kappa shape index (κ3) is 21.0. The zero-order chi connectivity index (χ0) is 65.6. The number of aromatic hydroxyl groups is 1. The number of carboxylic acid groups (broad SMARTS) is 1. The molecule has 6 aromatic carbocycles. The van der Waals surface area contributed by atoms with Crippen LogP contribution in [-0.4, -0.2) is 147 Å². The number of aliphatic hydroxyl groups excluding tert-OH is 1. The van der Waals surface area contributed by atoms with Gasteiger partial charge in [-0.25, -0.2) is 4.79 Å². The van der Waals surface area contributed by atoms with Gasteiger partial charge in [-0.05, 0) is 102 Å². The zero-order valence-corrected chi connectivity index (χ0v) is 52.1. The van der Waals surface area contributed by atoms with E-state index in [9.17, 15) is 44.1 Å². The van der Waals surface area contributed by atoms with Crippen LogP contribution in [0.25, 0.3) is 10.8 Å². The molecule has 11 atom stereocenters. The maximum Gasteiger partial charge on any atom is 0.327 e. The topological polar surface area (TPSA) is 389 Å². The van der Waals surface area contributed by atoms with Gasteiger partial charge in [0.2, 0.25) is 47.3 Å². The molecule has 482 valence electrons. The first-order chi connectivity index (χ1) is 43.6. The Hall–Kier alpha value is -9.01. The molecule has 91 heavy (non-hydrogen) atoms. The summed E-state index contributed by atoms with van der Waals surface area (Å²) >= 11 is 0. The SMILES string of the molecule is C[C@@H](O)[C@@H]1NC(=O)[C@H](CCCCN)NC(=O)[C@@H]([C@@H](C)c2ccc3ccccc3c2)NC(=O)[C@H](Cc2ccc(N)cc2)NC(=O)[C@H](Cc2ccccc2)NC(=O)[C@H](NC(=O)[C@@H](N)Cc2ccc(O)cc2)CSSC[C@@H](C(=O)O)NC(=O)[C@H](Cc2ccccc2)NC1=O. The molecule has 6 aromatic rings. The predicted molar refractivity (Wildman–Crippen MR) is 350 cm³/mol. The van der Waals surface area contributed by atoms with Crippen molar-refractivity contribution in [1.82, 2.24) is 42.5 Å². The number of carbonyl (C=O) groups excluding carboxylic acids is 8. The lowest BCUT2D eigenvalue weighted by Crippen LogP contribution is -2.62. The molecule has 25 heteroatoms. The van der Waals surface area contributed by atoms with Crippen molar-refractivity contribution in [2.45, 2.75) is 125 Å². The summed E-state index contributed by atoms with van der Waals surface area (Å²) in [6.45, 7) is 3.16. The number of phenolic OH excluding ortho intramolecular Hbond substituents is 1. The smallest absolute Gasteiger partial charge is 0.327 e. The van der Waals surface area contributed by atoms with Crippen LogP contribution in [0.15, 0.2) is 152 Å². The van der Waals surface area contributed by atoms with Gasteiger partial charge in [-0.1, -0.05) is 156 Å². The number of benzene rings is 6. The molecule has 0 spiro atoms. The van der Waals surface area contributed by atoms with Crippen molar-refractivity contribution in [1.29, 1.82) is 0 Å². The van der Waals surface area contributed by atoms with Crippen molar-refractivity contribution >= 4 is 91.3 Å². The largest absolute Gasteiger partial charge is 0.508 e. The number of rotatable bonds is 18. The Bertz CT molecular complexity index is 3460. The molecule has 1 saturated heterocycles. The lowest BCUT2D eigenvalue weighted by Gasteiger charge is -2.31. The van der Waals surface area contributed by atoms with Gasteiger partial charge in [-0.15, -0.1) is 0 Å². The summed E-state index contributed by atoms with van der Waals surface area (Å²) in [6.07, 6.45) is -1.47. The van der Waals surface area contributed by atoms with E-state index in [1.54, 1.807) is 110 Å². The Labute approximate surface area is 535 Å². The molecule has 1 aliphatic heterocycles. The minimum Gasteiger partial charge on any atom is -0.508 e. The predicted octanol–water partition coefficient (Wildman–Crippen LogP) is 2.40. The number of carboxylic acids is 1. The fourth-order valence-corrected chi connectivity index (χ4v) is 12.5. The van der Waals surface area contributed by atoms with E-state index in [1.165, 1.54) is 19.1 Å². The van der Waals surface area contributed by atoms with Gasteiger partial charge < -0.3 is 75.1 Å². The second-order valence-electron chi connectivity index (χ2n) is 22.5. The third-order valence-electron chi connectivity index (χ3n) is 15.4. The quantitative estimate of drug-likeness (QED) is 0.0334. The number of phenols is 1. The van der Waals surface area contributed by atoms with Crippen LogP contribution in [0.4, 0.5) is 5.69 Å². The van der Waals surface area contributed by atoms with Gasteiger partial charge in [-0.2, -0.15) is 0 Å². The Morgan fingerprint density at radius 3 is 1.63 bits per heavy atom. The second kappa shape index (κ2) is 34.3. The van der Waals surface area contributed by atoms with E-state index in [2.05, 4.69) is 42.5 Å². The Morgan fingerprint density at radius 1 is 0.549 bits per heavy atom. The molecule has 17 N–H and O–H groups in total. The van der Waals surface area contributed by atoms with Gasteiger partial charge in [0.25, 0.3) is 0 Å². The molecular formula is C66H79N11O12S2. The maximum absolute atomic E-state index is 15.3. The summed E-state index contributed by atoms with van der Waals surface area (Å²) < 4.78 is 0. The van der Waals surface area contributed by atoms with Crippen LogP contribution in [0.5, 0.6) is 5.75 Å². The first-order valence-corrected chi connectivity index (χ1v) is 32.4. The number of fused-ring (bicyclic) bond motifs is 1. The van der Waals surface area contributed by atoms with E-state index in [4.69, 9.17) is 17.2 Å². The molecule has 1 aliphatic rings. The molecule has 0 aromatic heterocycles. The summed E-state index contributed by atoms with van der Waals surface area (Å²) in [4.78, 5) is 131. The van der Waals surface area contributed by atoms with Gasteiger partial charge in [0.15, 0.2) is 0 Å². The lowest BCUT2D eigenvalue weighted by atomic mass is 9.90. The van der Waals surface area contributed by atoms with Crippen molar-refractivity contribution in [3.8, 4) is 5.75 Å². The van der Waals surface area contributed by atoms with Crippen molar-refractivity contribution in [2.75, 3.05) is 23.8 Å².